The summed E-state index contributed by atoms with van der Waals surface area (Å²) < 4.78 is 18.2. The Balaban J connectivity index is 2.55. The number of carbonyl (C=O) groups is 1. The first-order valence-corrected chi connectivity index (χ1v) is 5.77. The summed E-state index contributed by atoms with van der Waals surface area (Å²) in [4.78, 5) is 11.0. The number of carboxylic acids is 1. The quantitative estimate of drug-likeness (QED) is 0.929. The van der Waals surface area contributed by atoms with Crippen molar-refractivity contribution >= 4 is 17.6 Å². The molecule has 0 atom stereocenters. The number of hydrogen-bond acceptors (Lipinski definition) is 2. The van der Waals surface area contributed by atoms with Gasteiger partial charge in [-0.05, 0) is 41.5 Å². The van der Waals surface area contributed by atoms with Gasteiger partial charge in [-0.2, -0.15) is 0 Å². The van der Waals surface area contributed by atoms with E-state index in [4.69, 9.17) is 21.4 Å². The molecule has 0 aliphatic carbocycles. The van der Waals surface area contributed by atoms with Crippen LogP contribution in [-0.4, -0.2) is 18.2 Å². The number of halogens is 2. The van der Waals surface area contributed by atoms with E-state index in [-0.39, 0.29) is 11.3 Å². The molecule has 0 bridgehead atoms. The number of carboxylic acid groups (broad SMARTS) is 1. The van der Waals surface area contributed by atoms with Gasteiger partial charge in [0.15, 0.2) is 11.6 Å². The van der Waals surface area contributed by atoms with Crippen molar-refractivity contribution in [3.63, 3.8) is 0 Å². The lowest BCUT2D eigenvalue weighted by molar-refractivity contribution is 0.0697. The zero-order valence-corrected chi connectivity index (χ0v) is 10.7. The molecular formula is C14H10ClFO3. The van der Waals surface area contributed by atoms with Crippen molar-refractivity contribution in [3.05, 3.63) is 52.8 Å². The zero-order chi connectivity index (χ0) is 14.0. The number of rotatable bonds is 3. The van der Waals surface area contributed by atoms with Gasteiger partial charge in [0.25, 0.3) is 0 Å². The Morgan fingerprint density at radius 1 is 1.21 bits per heavy atom. The Morgan fingerprint density at radius 3 is 2.58 bits per heavy atom. The number of methoxy groups -OCH3 is 1. The molecule has 2 rings (SSSR count). The lowest BCUT2D eigenvalue weighted by Gasteiger charge is -2.07. The van der Waals surface area contributed by atoms with Crippen molar-refractivity contribution in [1.29, 1.82) is 0 Å². The number of benzene rings is 2. The second kappa shape index (κ2) is 5.28. The molecule has 19 heavy (non-hydrogen) atoms. The van der Waals surface area contributed by atoms with Crippen molar-refractivity contribution in [2.24, 2.45) is 0 Å². The lowest BCUT2D eigenvalue weighted by Crippen LogP contribution is -1.96. The van der Waals surface area contributed by atoms with Crippen LogP contribution in [-0.2, 0) is 0 Å². The Bertz CT molecular complexity index is 641. The summed E-state index contributed by atoms with van der Waals surface area (Å²) in [7, 11) is 1.36. The maximum absolute atomic E-state index is 13.3. The molecule has 0 aliphatic heterocycles. The second-order valence-corrected chi connectivity index (χ2v) is 4.32. The summed E-state index contributed by atoms with van der Waals surface area (Å²) in [6, 6.07) is 8.73. The molecule has 0 fully saturated rings. The van der Waals surface area contributed by atoms with E-state index in [2.05, 4.69) is 0 Å². The zero-order valence-electron chi connectivity index (χ0n) is 9.98. The minimum atomic E-state index is -1.07. The standard InChI is InChI=1S/C14H10ClFO3/c1-19-13-7-8(2-3-12(13)16)9-4-10(14(17)18)6-11(15)5-9/h2-7H,1H3,(H,17,18). The molecule has 0 unspecified atom stereocenters. The Kier molecular flexibility index (Phi) is 3.71. The van der Waals surface area contributed by atoms with Crippen molar-refractivity contribution in [1.82, 2.24) is 0 Å². The summed E-state index contributed by atoms with van der Waals surface area (Å²) >= 11 is 5.88. The minimum absolute atomic E-state index is 0.0748. The van der Waals surface area contributed by atoms with Crippen molar-refractivity contribution < 1.29 is 19.0 Å². The third-order valence-electron chi connectivity index (χ3n) is 2.63. The third kappa shape index (κ3) is 2.85. The monoisotopic (exact) mass is 280 g/mol. The van der Waals surface area contributed by atoms with Gasteiger partial charge in [-0.15, -0.1) is 0 Å². The molecule has 98 valence electrons. The van der Waals surface area contributed by atoms with Crippen LogP contribution in [0.15, 0.2) is 36.4 Å². The smallest absolute Gasteiger partial charge is 0.335 e. The first kappa shape index (κ1) is 13.4. The topological polar surface area (TPSA) is 46.5 Å². The average molecular weight is 281 g/mol. The third-order valence-corrected chi connectivity index (χ3v) is 2.85. The first-order chi connectivity index (χ1) is 9.01. The molecule has 0 saturated heterocycles. The highest BCUT2D eigenvalue weighted by molar-refractivity contribution is 6.31. The Hall–Kier alpha value is -2.07. The van der Waals surface area contributed by atoms with Gasteiger partial charge in [0.1, 0.15) is 0 Å². The van der Waals surface area contributed by atoms with Gasteiger partial charge >= 0.3 is 5.97 Å². The number of aromatic carboxylic acids is 1. The van der Waals surface area contributed by atoms with E-state index in [9.17, 15) is 9.18 Å². The molecule has 0 heterocycles. The molecule has 5 heteroatoms. The van der Waals surface area contributed by atoms with E-state index < -0.39 is 11.8 Å². The molecule has 0 radical (unpaired) electrons. The second-order valence-electron chi connectivity index (χ2n) is 3.88. The molecule has 0 amide bonds. The molecule has 2 aromatic rings. The first-order valence-electron chi connectivity index (χ1n) is 5.39. The fourth-order valence-corrected chi connectivity index (χ4v) is 1.95. The van der Waals surface area contributed by atoms with Gasteiger partial charge < -0.3 is 9.84 Å². The van der Waals surface area contributed by atoms with Crippen molar-refractivity contribution in [2.75, 3.05) is 7.11 Å². The number of ether oxygens (including phenoxy) is 1. The average Bonchev–Trinajstić information content (AvgIpc) is 2.38. The van der Waals surface area contributed by atoms with E-state index in [1.54, 1.807) is 6.07 Å². The Labute approximate surface area is 114 Å². The summed E-state index contributed by atoms with van der Waals surface area (Å²) in [5, 5.41) is 9.29. The molecule has 0 aromatic heterocycles. The summed E-state index contributed by atoms with van der Waals surface area (Å²) in [6.07, 6.45) is 0. The molecule has 0 spiro atoms. The van der Waals surface area contributed by atoms with Crippen LogP contribution in [0.25, 0.3) is 11.1 Å². The highest BCUT2D eigenvalue weighted by atomic mass is 35.5. The highest BCUT2D eigenvalue weighted by Gasteiger charge is 2.10. The van der Waals surface area contributed by atoms with E-state index >= 15 is 0 Å². The summed E-state index contributed by atoms with van der Waals surface area (Å²) in [5.74, 6) is -1.46. The van der Waals surface area contributed by atoms with E-state index in [0.29, 0.717) is 16.1 Å². The molecule has 3 nitrogen and oxygen atoms in total. The lowest BCUT2D eigenvalue weighted by atomic mass is 10.0. The fraction of sp³-hybridized carbons (Fsp3) is 0.0714. The summed E-state index contributed by atoms with van der Waals surface area (Å²) in [6.45, 7) is 0. The molecule has 0 aliphatic rings. The van der Waals surface area contributed by atoms with Crippen LogP contribution in [0.3, 0.4) is 0 Å². The molecule has 2 aromatic carbocycles. The van der Waals surface area contributed by atoms with Gasteiger partial charge in [0.05, 0.1) is 12.7 Å². The van der Waals surface area contributed by atoms with Crippen LogP contribution in [0.1, 0.15) is 10.4 Å². The van der Waals surface area contributed by atoms with E-state index in [0.717, 1.165) is 0 Å². The SMILES string of the molecule is COc1cc(-c2cc(Cl)cc(C(=O)O)c2)ccc1F. The van der Waals surface area contributed by atoms with Crippen molar-refractivity contribution in [2.45, 2.75) is 0 Å². The fourth-order valence-electron chi connectivity index (χ4n) is 1.72. The minimum Gasteiger partial charge on any atom is -0.494 e. The predicted molar refractivity (Wildman–Crippen MR) is 70.4 cm³/mol. The normalized spacial score (nSPS) is 10.3. The van der Waals surface area contributed by atoms with Gasteiger partial charge in [0, 0.05) is 5.02 Å². The van der Waals surface area contributed by atoms with Crippen LogP contribution < -0.4 is 4.74 Å². The van der Waals surface area contributed by atoms with Crippen LogP contribution in [0.5, 0.6) is 5.75 Å². The van der Waals surface area contributed by atoms with Gasteiger partial charge in [0.2, 0.25) is 0 Å². The van der Waals surface area contributed by atoms with E-state index in [1.807, 2.05) is 0 Å². The van der Waals surface area contributed by atoms with E-state index in [1.165, 1.54) is 37.4 Å². The molecule has 0 saturated carbocycles. The maximum Gasteiger partial charge on any atom is 0.335 e. The Morgan fingerprint density at radius 2 is 1.95 bits per heavy atom. The largest absolute Gasteiger partial charge is 0.494 e. The van der Waals surface area contributed by atoms with Crippen LogP contribution in [0.2, 0.25) is 5.02 Å². The van der Waals surface area contributed by atoms with Gasteiger partial charge in [-0.25, -0.2) is 9.18 Å². The van der Waals surface area contributed by atoms with Gasteiger partial charge in [-0.1, -0.05) is 17.7 Å². The summed E-state index contributed by atoms with van der Waals surface area (Å²) in [5.41, 5.74) is 1.29. The number of hydrogen-bond donors (Lipinski definition) is 1. The van der Waals surface area contributed by atoms with Gasteiger partial charge in [-0.3, -0.25) is 0 Å². The van der Waals surface area contributed by atoms with Crippen LogP contribution in [0.4, 0.5) is 4.39 Å². The predicted octanol–water partition coefficient (Wildman–Crippen LogP) is 3.85. The highest BCUT2D eigenvalue weighted by Crippen LogP contribution is 2.29. The molecular weight excluding hydrogens is 271 g/mol. The maximum atomic E-state index is 13.3. The van der Waals surface area contributed by atoms with Crippen molar-refractivity contribution in [3.8, 4) is 16.9 Å². The van der Waals surface area contributed by atoms with Crippen LogP contribution >= 0.6 is 11.6 Å². The van der Waals surface area contributed by atoms with Crippen LogP contribution in [0, 0.1) is 5.82 Å². The molecule has 1 N–H and O–H groups in total.